The third-order valence-corrected chi connectivity index (χ3v) is 3.33. The van der Waals surface area contributed by atoms with Gasteiger partial charge in [-0.15, -0.1) is 0 Å². The molecular weight excluding hydrogens is 184 g/mol. The molecule has 0 aromatic rings. The van der Waals surface area contributed by atoms with E-state index in [9.17, 15) is 4.79 Å². The molecule has 1 atom stereocenters. The van der Waals surface area contributed by atoms with Crippen LogP contribution in [0, 0.1) is 11.3 Å². The fraction of sp³-hybridized carbons (Fsp3) is 0.727. The topological polar surface area (TPSA) is 17.1 Å². The van der Waals surface area contributed by atoms with Crippen molar-refractivity contribution in [3.8, 4) is 0 Å². The normalized spacial score (nSPS) is 24.8. The Labute approximate surface area is 85.2 Å². The molecule has 0 fully saturated rings. The minimum Gasteiger partial charge on any atom is -0.298 e. The summed E-state index contributed by atoms with van der Waals surface area (Å²) < 4.78 is 0. The Hall–Kier alpha value is -0.300. The molecule has 0 aromatic heterocycles. The van der Waals surface area contributed by atoms with Crippen molar-refractivity contribution in [1.29, 1.82) is 0 Å². The van der Waals surface area contributed by atoms with Crippen LogP contribution in [-0.4, -0.2) is 6.29 Å². The molecule has 2 heteroatoms. The zero-order valence-corrected chi connectivity index (χ0v) is 9.32. The minimum atomic E-state index is 0.284. The van der Waals surface area contributed by atoms with E-state index in [0.717, 1.165) is 36.2 Å². The molecular formula is C11H17ClO. The summed E-state index contributed by atoms with van der Waals surface area (Å²) in [6.07, 6.45) is 3.75. The third-order valence-electron chi connectivity index (χ3n) is 2.89. The molecule has 0 aliphatic heterocycles. The van der Waals surface area contributed by atoms with Crippen molar-refractivity contribution in [3.05, 3.63) is 10.6 Å². The molecule has 0 amide bonds. The monoisotopic (exact) mass is 200 g/mol. The summed E-state index contributed by atoms with van der Waals surface area (Å²) in [6, 6.07) is 0. The molecule has 13 heavy (non-hydrogen) atoms. The summed E-state index contributed by atoms with van der Waals surface area (Å²) in [5.41, 5.74) is 1.10. The first-order valence-electron chi connectivity index (χ1n) is 4.78. The van der Waals surface area contributed by atoms with E-state index >= 15 is 0 Å². The van der Waals surface area contributed by atoms with Gasteiger partial charge in [-0.25, -0.2) is 0 Å². The van der Waals surface area contributed by atoms with Crippen molar-refractivity contribution in [2.45, 2.75) is 40.0 Å². The number of hydrogen-bond donors (Lipinski definition) is 0. The van der Waals surface area contributed by atoms with Crippen LogP contribution in [0.4, 0.5) is 0 Å². The number of aldehydes is 1. The maximum absolute atomic E-state index is 10.7. The number of hydrogen-bond acceptors (Lipinski definition) is 1. The van der Waals surface area contributed by atoms with Gasteiger partial charge in [0, 0.05) is 10.6 Å². The molecule has 0 saturated heterocycles. The number of carbonyl (C=O) groups is 1. The summed E-state index contributed by atoms with van der Waals surface area (Å²) in [5.74, 6) is 0.593. The molecule has 1 aliphatic rings. The van der Waals surface area contributed by atoms with Crippen molar-refractivity contribution in [2.24, 2.45) is 11.3 Å². The van der Waals surface area contributed by atoms with Gasteiger partial charge >= 0.3 is 0 Å². The van der Waals surface area contributed by atoms with Crippen LogP contribution in [0.15, 0.2) is 10.6 Å². The van der Waals surface area contributed by atoms with Gasteiger partial charge in [0.25, 0.3) is 0 Å². The molecule has 1 nitrogen and oxygen atoms in total. The van der Waals surface area contributed by atoms with Gasteiger partial charge in [0.1, 0.15) is 6.29 Å². The van der Waals surface area contributed by atoms with Crippen molar-refractivity contribution in [1.82, 2.24) is 0 Å². The molecule has 1 rings (SSSR count). The number of halogens is 1. The Morgan fingerprint density at radius 3 is 2.54 bits per heavy atom. The second-order valence-electron chi connectivity index (χ2n) is 4.85. The van der Waals surface area contributed by atoms with Crippen molar-refractivity contribution < 1.29 is 4.79 Å². The Bertz CT molecular complexity index is 235. The van der Waals surface area contributed by atoms with E-state index in [0.29, 0.717) is 5.92 Å². The van der Waals surface area contributed by atoms with E-state index < -0.39 is 0 Å². The van der Waals surface area contributed by atoms with Crippen LogP contribution in [0.1, 0.15) is 40.0 Å². The third kappa shape index (κ3) is 2.57. The highest BCUT2D eigenvalue weighted by Gasteiger charge is 2.29. The molecule has 74 valence electrons. The number of carbonyl (C=O) groups excluding carboxylic acids is 1. The van der Waals surface area contributed by atoms with Crippen LogP contribution in [0.3, 0.4) is 0 Å². The predicted molar refractivity (Wildman–Crippen MR) is 55.7 cm³/mol. The Kier molecular flexibility index (Phi) is 3.18. The van der Waals surface area contributed by atoms with Crippen LogP contribution in [0.5, 0.6) is 0 Å². The lowest BCUT2D eigenvalue weighted by Gasteiger charge is -2.33. The van der Waals surface area contributed by atoms with E-state index in [1.54, 1.807) is 0 Å². The lowest BCUT2D eigenvalue weighted by Crippen LogP contribution is -2.24. The molecule has 0 bridgehead atoms. The van der Waals surface area contributed by atoms with Gasteiger partial charge in [-0.3, -0.25) is 4.79 Å². The van der Waals surface area contributed by atoms with Crippen molar-refractivity contribution in [3.63, 3.8) is 0 Å². The van der Waals surface area contributed by atoms with E-state index in [1.165, 1.54) is 0 Å². The van der Waals surface area contributed by atoms with Crippen molar-refractivity contribution in [2.75, 3.05) is 0 Å². The zero-order valence-electron chi connectivity index (χ0n) is 8.56. The second kappa shape index (κ2) is 3.83. The van der Waals surface area contributed by atoms with Crippen LogP contribution >= 0.6 is 11.6 Å². The first kappa shape index (κ1) is 10.8. The van der Waals surface area contributed by atoms with Gasteiger partial charge in [0.15, 0.2) is 0 Å². The number of rotatable bonds is 1. The molecule has 1 aliphatic carbocycles. The molecule has 0 saturated carbocycles. The quantitative estimate of drug-likeness (QED) is 0.592. The smallest absolute Gasteiger partial charge is 0.147 e. The zero-order chi connectivity index (χ0) is 10.1. The maximum Gasteiger partial charge on any atom is 0.147 e. The van der Waals surface area contributed by atoms with Gasteiger partial charge in [0.05, 0.1) is 0 Å². The molecule has 1 unspecified atom stereocenters. The number of allylic oxidation sites excluding steroid dienone is 2. The Morgan fingerprint density at radius 1 is 1.46 bits per heavy atom. The van der Waals surface area contributed by atoms with Gasteiger partial charge < -0.3 is 0 Å². The van der Waals surface area contributed by atoms with Gasteiger partial charge in [-0.05, 0) is 30.6 Å². The first-order valence-corrected chi connectivity index (χ1v) is 5.15. The maximum atomic E-state index is 10.7. The van der Waals surface area contributed by atoms with Crippen LogP contribution in [-0.2, 0) is 4.79 Å². The summed E-state index contributed by atoms with van der Waals surface area (Å²) in [4.78, 5) is 10.7. The fourth-order valence-corrected chi connectivity index (χ4v) is 2.02. The summed E-state index contributed by atoms with van der Waals surface area (Å²) in [5, 5.41) is 0.774. The summed E-state index contributed by atoms with van der Waals surface area (Å²) >= 11 is 5.95. The average Bonchev–Trinajstić information content (AvgIpc) is 2.03. The van der Waals surface area contributed by atoms with Gasteiger partial charge in [-0.1, -0.05) is 32.4 Å². The molecule has 0 heterocycles. The molecule has 0 aromatic carbocycles. The summed E-state index contributed by atoms with van der Waals surface area (Å²) in [6.45, 7) is 6.66. The van der Waals surface area contributed by atoms with Crippen LogP contribution < -0.4 is 0 Å². The van der Waals surface area contributed by atoms with E-state index in [2.05, 4.69) is 20.8 Å². The predicted octanol–water partition coefficient (Wildman–Crippen LogP) is 3.52. The lowest BCUT2D eigenvalue weighted by atomic mass is 9.72. The van der Waals surface area contributed by atoms with Crippen LogP contribution in [0.2, 0.25) is 0 Å². The van der Waals surface area contributed by atoms with Gasteiger partial charge in [-0.2, -0.15) is 0 Å². The average molecular weight is 201 g/mol. The fourth-order valence-electron chi connectivity index (χ4n) is 1.79. The lowest BCUT2D eigenvalue weighted by molar-refractivity contribution is -0.105. The highest BCUT2D eigenvalue weighted by molar-refractivity contribution is 6.31. The largest absolute Gasteiger partial charge is 0.298 e. The van der Waals surface area contributed by atoms with E-state index in [1.807, 2.05) is 0 Å². The van der Waals surface area contributed by atoms with E-state index in [4.69, 9.17) is 11.6 Å². The summed E-state index contributed by atoms with van der Waals surface area (Å²) in [7, 11) is 0. The first-order chi connectivity index (χ1) is 5.95. The highest BCUT2D eigenvalue weighted by Crippen LogP contribution is 2.40. The minimum absolute atomic E-state index is 0.284. The Morgan fingerprint density at radius 2 is 2.08 bits per heavy atom. The molecule has 0 spiro atoms. The standard InChI is InChI=1S/C11H17ClO/c1-11(2,3)9-4-5-10(12)8(6-9)7-13/h7,9H,4-6H2,1-3H3. The molecule has 0 radical (unpaired) electrons. The second-order valence-corrected chi connectivity index (χ2v) is 5.31. The van der Waals surface area contributed by atoms with Crippen LogP contribution in [0.25, 0.3) is 0 Å². The van der Waals surface area contributed by atoms with Gasteiger partial charge in [0.2, 0.25) is 0 Å². The van der Waals surface area contributed by atoms with Crippen molar-refractivity contribution >= 4 is 17.9 Å². The highest BCUT2D eigenvalue weighted by atomic mass is 35.5. The SMILES string of the molecule is CC(C)(C)C1CCC(Cl)=C(C=O)C1. The Balaban J connectivity index is 2.76. The van der Waals surface area contributed by atoms with E-state index in [-0.39, 0.29) is 5.41 Å². The molecule has 0 N–H and O–H groups in total.